The first-order valence-corrected chi connectivity index (χ1v) is 8.74. The number of thiazole rings is 1. The van der Waals surface area contributed by atoms with Crippen molar-refractivity contribution in [2.24, 2.45) is 0 Å². The average molecular weight is 339 g/mol. The van der Waals surface area contributed by atoms with Crippen LogP contribution in [0.15, 0.2) is 35.3 Å². The van der Waals surface area contributed by atoms with E-state index in [-0.39, 0.29) is 16.9 Å². The maximum atomic E-state index is 12.5. The van der Waals surface area contributed by atoms with E-state index in [9.17, 15) is 9.59 Å². The molecule has 122 valence electrons. The number of nitrogens with one attached hydrogen (secondary N) is 1. The fraction of sp³-hybridized carbons (Fsp3) is 0.278. The molecule has 1 aliphatic rings. The molecule has 1 N–H and O–H groups in total. The van der Waals surface area contributed by atoms with E-state index in [1.165, 1.54) is 0 Å². The molecule has 0 saturated heterocycles. The molecule has 2 heterocycles. The number of rotatable bonds is 3. The third-order valence-corrected chi connectivity index (χ3v) is 5.15. The van der Waals surface area contributed by atoms with Gasteiger partial charge in [0.15, 0.2) is 5.43 Å². The molecule has 1 saturated carbocycles. The lowest BCUT2D eigenvalue weighted by molar-refractivity contribution is 0.102. The number of hydrogen-bond acceptors (Lipinski definition) is 4. The van der Waals surface area contributed by atoms with Gasteiger partial charge < -0.3 is 9.88 Å². The smallest absolute Gasteiger partial charge is 0.261 e. The van der Waals surface area contributed by atoms with Crippen LogP contribution in [0.2, 0.25) is 0 Å². The number of carbonyl (C=O) groups is 1. The maximum Gasteiger partial charge on any atom is 0.261 e. The molecule has 5 nitrogen and oxygen atoms in total. The van der Waals surface area contributed by atoms with Crippen molar-refractivity contribution in [3.05, 3.63) is 57.0 Å². The Morgan fingerprint density at radius 2 is 2.08 bits per heavy atom. The Bertz CT molecular complexity index is 1010. The van der Waals surface area contributed by atoms with E-state index >= 15 is 0 Å². The van der Waals surface area contributed by atoms with Crippen molar-refractivity contribution in [1.82, 2.24) is 9.55 Å². The number of pyridine rings is 1. The summed E-state index contributed by atoms with van der Waals surface area (Å²) in [5, 5.41) is 3.82. The molecule has 0 spiro atoms. The molecular formula is C18H17N3O2S. The van der Waals surface area contributed by atoms with Gasteiger partial charge >= 0.3 is 0 Å². The first kappa shape index (κ1) is 15.1. The number of aryl methyl sites for hydroxylation is 2. The molecule has 0 unspecified atom stereocenters. The number of fused-ring (bicyclic) bond motifs is 1. The van der Waals surface area contributed by atoms with Crippen LogP contribution in [0, 0.1) is 13.8 Å². The predicted molar refractivity (Wildman–Crippen MR) is 96.0 cm³/mol. The van der Waals surface area contributed by atoms with Gasteiger partial charge in [-0.1, -0.05) is 0 Å². The lowest BCUT2D eigenvalue weighted by Gasteiger charge is -2.11. The van der Waals surface area contributed by atoms with E-state index < -0.39 is 0 Å². The van der Waals surface area contributed by atoms with E-state index in [1.807, 2.05) is 36.6 Å². The second-order valence-corrected chi connectivity index (χ2v) is 7.44. The third-order valence-electron chi connectivity index (χ3n) is 4.22. The van der Waals surface area contributed by atoms with Crippen LogP contribution < -0.4 is 10.7 Å². The Labute approximate surface area is 143 Å². The molecule has 3 aromatic rings. The number of amides is 1. The van der Waals surface area contributed by atoms with Crippen molar-refractivity contribution in [3.8, 4) is 0 Å². The van der Waals surface area contributed by atoms with Gasteiger partial charge in [-0.25, -0.2) is 4.98 Å². The normalized spacial score (nSPS) is 14.1. The van der Waals surface area contributed by atoms with Crippen molar-refractivity contribution < 1.29 is 4.79 Å². The van der Waals surface area contributed by atoms with Gasteiger partial charge in [0.25, 0.3) is 5.91 Å². The van der Waals surface area contributed by atoms with Crippen molar-refractivity contribution in [2.45, 2.75) is 32.7 Å². The molecule has 0 bridgehead atoms. The zero-order chi connectivity index (χ0) is 16.8. The van der Waals surface area contributed by atoms with Gasteiger partial charge in [-0.15, -0.1) is 11.3 Å². The summed E-state index contributed by atoms with van der Waals surface area (Å²) in [6, 6.07) is 7.56. The number of benzene rings is 1. The van der Waals surface area contributed by atoms with Crippen LogP contribution in [0.1, 0.15) is 39.9 Å². The topological polar surface area (TPSA) is 64.0 Å². The van der Waals surface area contributed by atoms with E-state index in [1.54, 1.807) is 23.6 Å². The first-order chi connectivity index (χ1) is 11.5. The lowest BCUT2D eigenvalue weighted by Crippen LogP contribution is -2.23. The highest BCUT2D eigenvalue weighted by Gasteiger charge is 2.25. The monoisotopic (exact) mass is 339 g/mol. The van der Waals surface area contributed by atoms with E-state index in [4.69, 9.17) is 0 Å². The lowest BCUT2D eigenvalue weighted by atomic mass is 10.2. The number of nitrogens with zero attached hydrogens (tertiary/aromatic N) is 2. The molecular weight excluding hydrogens is 322 g/mol. The van der Waals surface area contributed by atoms with E-state index in [0.29, 0.717) is 11.7 Å². The van der Waals surface area contributed by atoms with E-state index in [0.717, 1.165) is 33.8 Å². The fourth-order valence-corrected chi connectivity index (χ4v) is 3.75. The van der Waals surface area contributed by atoms with Crippen LogP contribution >= 0.6 is 11.3 Å². The highest BCUT2D eigenvalue weighted by atomic mass is 32.1. The van der Waals surface area contributed by atoms with Crippen molar-refractivity contribution in [1.29, 1.82) is 0 Å². The van der Waals surface area contributed by atoms with Gasteiger partial charge in [-0.3, -0.25) is 9.59 Å². The SMILES string of the molecule is Cc1nc2ccc(NC(=O)c3cn(C4CC4)c(C)cc3=O)cc2s1. The molecule has 24 heavy (non-hydrogen) atoms. The summed E-state index contributed by atoms with van der Waals surface area (Å²) in [6.07, 6.45) is 3.90. The number of hydrogen-bond donors (Lipinski definition) is 1. The summed E-state index contributed by atoms with van der Waals surface area (Å²) in [4.78, 5) is 29.2. The van der Waals surface area contributed by atoms with Crippen LogP contribution in [-0.2, 0) is 0 Å². The number of aromatic nitrogens is 2. The quantitative estimate of drug-likeness (QED) is 0.792. The van der Waals surface area contributed by atoms with E-state index in [2.05, 4.69) is 10.3 Å². The summed E-state index contributed by atoms with van der Waals surface area (Å²) in [6.45, 7) is 3.86. The highest BCUT2D eigenvalue weighted by Crippen LogP contribution is 2.35. The van der Waals surface area contributed by atoms with Gasteiger partial charge in [-0.2, -0.15) is 0 Å². The minimum Gasteiger partial charge on any atom is -0.348 e. The predicted octanol–water partition coefficient (Wildman–Crippen LogP) is 3.66. The Morgan fingerprint density at radius 1 is 1.29 bits per heavy atom. The number of carbonyl (C=O) groups excluding carboxylic acids is 1. The molecule has 2 aromatic heterocycles. The first-order valence-electron chi connectivity index (χ1n) is 7.92. The molecule has 0 radical (unpaired) electrons. The van der Waals surface area contributed by atoms with Crippen LogP contribution in [-0.4, -0.2) is 15.5 Å². The summed E-state index contributed by atoms with van der Waals surface area (Å²) < 4.78 is 3.05. The minimum absolute atomic E-state index is 0.188. The Morgan fingerprint density at radius 3 is 2.83 bits per heavy atom. The molecule has 1 fully saturated rings. The Balaban J connectivity index is 1.65. The molecule has 0 aliphatic heterocycles. The molecule has 6 heteroatoms. The van der Waals surface area contributed by atoms with Crippen LogP contribution in [0.4, 0.5) is 5.69 Å². The Kier molecular flexibility index (Phi) is 3.49. The van der Waals surface area contributed by atoms with Gasteiger partial charge in [0, 0.05) is 29.7 Å². The van der Waals surface area contributed by atoms with Gasteiger partial charge in [0.1, 0.15) is 5.56 Å². The Hall–Kier alpha value is -2.47. The zero-order valence-corrected chi connectivity index (χ0v) is 14.3. The highest BCUT2D eigenvalue weighted by molar-refractivity contribution is 7.18. The molecule has 1 aromatic carbocycles. The van der Waals surface area contributed by atoms with Gasteiger partial charge in [-0.05, 0) is 44.9 Å². The maximum absolute atomic E-state index is 12.5. The van der Waals surface area contributed by atoms with Crippen LogP contribution in [0.5, 0.6) is 0 Å². The summed E-state index contributed by atoms with van der Waals surface area (Å²) in [5.41, 5.74) is 2.45. The van der Waals surface area contributed by atoms with Crippen LogP contribution in [0.25, 0.3) is 10.2 Å². The summed E-state index contributed by atoms with van der Waals surface area (Å²) in [5.74, 6) is -0.366. The largest absolute Gasteiger partial charge is 0.348 e. The average Bonchev–Trinajstić information content (AvgIpc) is 3.28. The standard InChI is InChI=1S/C18H17N3O2S/c1-10-7-16(22)14(9-21(10)13-4-5-13)18(23)20-12-3-6-15-17(8-12)24-11(2)19-15/h3,6-9,13H,4-5H2,1-2H3,(H,20,23). The molecule has 1 aliphatic carbocycles. The zero-order valence-electron chi connectivity index (χ0n) is 13.5. The van der Waals surface area contributed by atoms with Crippen molar-refractivity contribution in [3.63, 3.8) is 0 Å². The van der Waals surface area contributed by atoms with Gasteiger partial charge in [0.05, 0.1) is 15.2 Å². The second kappa shape index (κ2) is 5.56. The van der Waals surface area contributed by atoms with Crippen molar-refractivity contribution in [2.75, 3.05) is 5.32 Å². The molecule has 1 amide bonds. The summed E-state index contributed by atoms with van der Waals surface area (Å²) >= 11 is 1.58. The molecule has 0 atom stereocenters. The third kappa shape index (κ3) is 2.73. The van der Waals surface area contributed by atoms with Crippen LogP contribution in [0.3, 0.4) is 0 Å². The fourth-order valence-electron chi connectivity index (χ4n) is 2.88. The second-order valence-electron chi connectivity index (χ2n) is 6.20. The van der Waals surface area contributed by atoms with Gasteiger partial charge in [0.2, 0.25) is 0 Å². The molecule has 4 rings (SSSR count). The minimum atomic E-state index is -0.366. The van der Waals surface area contributed by atoms with Crippen molar-refractivity contribution >= 4 is 33.1 Å². The number of anilines is 1. The summed E-state index contributed by atoms with van der Waals surface area (Å²) in [7, 11) is 0.